The highest BCUT2D eigenvalue weighted by molar-refractivity contribution is 6.20. The van der Waals surface area contributed by atoms with Gasteiger partial charge in [0.25, 0.3) is 0 Å². The van der Waals surface area contributed by atoms with Gasteiger partial charge >= 0.3 is 0 Å². The van der Waals surface area contributed by atoms with Gasteiger partial charge in [-0.15, -0.1) is 0 Å². The number of carbonyl (C=O) groups excluding carboxylic acids is 1. The van der Waals surface area contributed by atoms with Crippen LogP contribution in [0.4, 0.5) is 0 Å². The molecular weight excluding hydrogens is 214 g/mol. The Hall–Kier alpha value is -1.77. The van der Waals surface area contributed by atoms with Gasteiger partial charge in [-0.25, -0.2) is 0 Å². The fraction of sp³-hybridized carbons (Fsp3) is 0.357. The molecule has 0 saturated heterocycles. The van der Waals surface area contributed by atoms with Gasteiger partial charge in [-0.3, -0.25) is 4.79 Å². The molecule has 0 heterocycles. The average molecular weight is 233 g/mol. The topological polar surface area (TPSA) is 52.3 Å². The molecule has 1 aromatic carbocycles. The molecule has 2 N–H and O–H groups in total. The van der Waals surface area contributed by atoms with Crippen LogP contribution in [-0.2, 0) is 4.79 Å². The van der Waals surface area contributed by atoms with Gasteiger partial charge < -0.3 is 10.5 Å². The van der Waals surface area contributed by atoms with Crippen LogP contribution in [0.2, 0.25) is 0 Å². The summed E-state index contributed by atoms with van der Waals surface area (Å²) in [4.78, 5) is 11.6. The van der Waals surface area contributed by atoms with Crippen LogP contribution in [-0.4, -0.2) is 13.0 Å². The number of primary amides is 1. The molecule has 1 aromatic rings. The fourth-order valence-electron chi connectivity index (χ4n) is 1.86. The average Bonchev–Trinajstić information content (AvgIpc) is 2.31. The maximum absolute atomic E-state index is 11.6. The summed E-state index contributed by atoms with van der Waals surface area (Å²) in [5.41, 5.74) is 8.86. The van der Waals surface area contributed by atoms with Crippen molar-refractivity contribution in [2.24, 2.45) is 5.73 Å². The van der Waals surface area contributed by atoms with Gasteiger partial charge in [0.05, 0.1) is 7.11 Å². The number of rotatable bonds is 4. The third-order valence-corrected chi connectivity index (χ3v) is 2.98. The van der Waals surface area contributed by atoms with Crippen molar-refractivity contribution in [3.63, 3.8) is 0 Å². The molecule has 1 amide bonds. The van der Waals surface area contributed by atoms with Crippen molar-refractivity contribution in [2.75, 3.05) is 7.11 Å². The smallest absolute Gasteiger partial charge is 0.249 e. The lowest BCUT2D eigenvalue weighted by Gasteiger charge is -2.13. The normalized spacial score (nSPS) is 12.0. The molecule has 0 radical (unpaired) electrons. The summed E-state index contributed by atoms with van der Waals surface area (Å²) in [6.45, 7) is 5.87. The van der Waals surface area contributed by atoms with Crippen LogP contribution in [0.3, 0.4) is 0 Å². The molecule has 0 aliphatic heterocycles. The molecule has 0 fully saturated rings. The van der Waals surface area contributed by atoms with E-state index in [0.29, 0.717) is 5.57 Å². The largest absolute Gasteiger partial charge is 0.496 e. The fourth-order valence-corrected chi connectivity index (χ4v) is 1.86. The lowest BCUT2D eigenvalue weighted by molar-refractivity contribution is -0.112. The van der Waals surface area contributed by atoms with Gasteiger partial charge in [-0.05, 0) is 37.5 Å². The van der Waals surface area contributed by atoms with E-state index < -0.39 is 0 Å². The minimum atomic E-state index is -0.388. The summed E-state index contributed by atoms with van der Waals surface area (Å²) in [5, 5.41) is 0. The highest BCUT2D eigenvalue weighted by Gasteiger charge is 2.15. The zero-order chi connectivity index (χ0) is 13.0. The van der Waals surface area contributed by atoms with E-state index in [1.54, 1.807) is 7.11 Å². The van der Waals surface area contributed by atoms with Crippen molar-refractivity contribution >= 4 is 11.5 Å². The maximum Gasteiger partial charge on any atom is 0.249 e. The van der Waals surface area contributed by atoms with Gasteiger partial charge in [-0.1, -0.05) is 24.6 Å². The zero-order valence-electron chi connectivity index (χ0n) is 10.8. The van der Waals surface area contributed by atoms with Gasteiger partial charge in [-0.2, -0.15) is 0 Å². The maximum atomic E-state index is 11.6. The van der Waals surface area contributed by atoms with E-state index in [4.69, 9.17) is 10.5 Å². The first kappa shape index (κ1) is 13.3. The molecule has 17 heavy (non-hydrogen) atoms. The number of ether oxygens (including phenoxy) is 1. The van der Waals surface area contributed by atoms with E-state index in [1.807, 2.05) is 39.0 Å². The number of amides is 1. The summed E-state index contributed by atoms with van der Waals surface area (Å²) < 4.78 is 5.25. The first-order valence-corrected chi connectivity index (χ1v) is 5.66. The molecule has 0 aliphatic rings. The first-order chi connectivity index (χ1) is 8.02. The van der Waals surface area contributed by atoms with Crippen LogP contribution in [0, 0.1) is 6.92 Å². The van der Waals surface area contributed by atoms with E-state index in [2.05, 4.69) is 0 Å². The second-order valence-corrected chi connectivity index (χ2v) is 4.01. The Morgan fingerprint density at radius 2 is 2.06 bits per heavy atom. The number of methoxy groups -OCH3 is 1. The lowest BCUT2D eigenvalue weighted by Crippen LogP contribution is -2.15. The highest BCUT2D eigenvalue weighted by atomic mass is 16.5. The second kappa shape index (κ2) is 5.53. The Morgan fingerprint density at radius 3 is 2.53 bits per heavy atom. The Kier molecular flexibility index (Phi) is 4.32. The molecule has 3 nitrogen and oxygen atoms in total. The van der Waals surface area contributed by atoms with Crippen molar-refractivity contribution < 1.29 is 9.53 Å². The Labute approximate surface area is 102 Å². The monoisotopic (exact) mass is 233 g/mol. The molecule has 3 heteroatoms. The number of nitrogens with two attached hydrogens (primary N) is 1. The van der Waals surface area contributed by atoms with Gasteiger partial charge in [0.1, 0.15) is 5.75 Å². The molecule has 0 aliphatic carbocycles. The molecule has 92 valence electrons. The number of hydrogen-bond acceptors (Lipinski definition) is 2. The Bertz CT molecular complexity index is 461. The number of hydrogen-bond donors (Lipinski definition) is 1. The van der Waals surface area contributed by atoms with Crippen molar-refractivity contribution in [3.8, 4) is 5.75 Å². The highest BCUT2D eigenvalue weighted by Crippen LogP contribution is 2.29. The van der Waals surface area contributed by atoms with Gasteiger partial charge in [0.15, 0.2) is 0 Å². The van der Waals surface area contributed by atoms with E-state index in [-0.39, 0.29) is 5.91 Å². The zero-order valence-corrected chi connectivity index (χ0v) is 10.8. The molecule has 0 aromatic heterocycles. The van der Waals surface area contributed by atoms with Crippen LogP contribution in [0.25, 0.3) is 5.57 Å². The molecule has 1 rings (SSSR count). The number of allylic oxidation sites excluding steroid dienone is 1. The SMILES string of the molecule is CC/C(C)=C(/C(N)=O)c1cccc(OC)c1C. The lowest BCUT2D eigenvalue weighted by atomic mass is 9.94. The van der Waals surface area contributed by atoms with Crippen LogP contribution >= 0.6 is 0 Å². The summed E-state index contributed by atoms with van der Waals surface area (Å²) in [5.74, 6) is 0.380. The standard InChI is InChI=1S/C14H19NO2/c1-5-9(2)13(14(15)16)11-7-6-8-12(17-4)10(11)3/h6-8H,5H2,1-4H3,(H2,15,16)/b13-9+. The van der Waals surface area contributed by atoms with E-state index in [1.165, 1.54) is 0 Å². The molecule has 0 atom stereocenters. The van der Waals surface area contributed by atoms with Gasteiger partial charge in [0.2, 0.25) is 5.91 Å². The van der Waals surface area contributed by atoms with Gasteiger partial charge in [0, 0.05) is 5.57 Å². The molecule has 0 unspecified atom stereocenters. The number of carbonyl (C=O) groups is 1. The van der Waals surface area contributed by atoms with Crippen LogP contribution in [0.5, 0.6) is 5.75 Å². The van der Waals surface area contributed by atoms with Crippen LogP contribution in [0.15, 0.2) is 23.8 Å². The second-order valence-electron chi connectivity index (χ2n) is 4.01. The Balaban J connectivity index is 3.45. The van der Waals surface area contributed by atoms with E-state index in [9.17, 15) is 4.79 Å². The van der Waals surface area contributed by atoms with E-state index >= 15 is 0 Å². The predicted molar refractivity (Wildman–Crippen MR) is 69.8 cm³/mol. The van der Waals surface area contributed by atoms with Crippen LogP contribution in [0.1, 0.15) is 31.4 Å². The molecule has 0 bridgehead atoms. The summed E-state index contributed by atoms with van der Waals surface area (Å²) >= 11 is 0. The molecule has 0 spiro atoms. The minimum Gasteiger partial charge on any atom is -0.496 e. The predicted octanol–water partition coefficient (Wildman–Crippen LogP) is 2.67. The van der Waals surface area contributed by atoms with Crippen molar-refractivity contribution in [3.05, 3.63) is 34.9 Å². The summed E-state index contributed by atoms with van der Waals surface area (Å²) in [6.07, 6.45) is 0.801. The van der Waals surface area contributed by atoms with Crippen molar-refractivity contribution in [1.82, 2.24) is 0 Å². The third-order valence-electron chi connectivity index (χ3n) is 2.98. The Morgan fingerprint density at radius 1 is 1.41 bits per heavy atom. The summed E-state index contributed by atoms with van der Waals surface area (Å²) in [7, 11) is 1.62. The third kappa shape index (κ3) is 2.67. The molecular formula is C14H19NO2. The first-order valence-electron chi connectivity index (χ1n) is 5.66. The molecule has 0 saturated carbocycles. The van der Waals surface area contributed by atoms with Crippen molar-refractivity contribution in [2.45, 2.75) is 27.2 Å². The summed E-state index contributed by atoms with van der Waals surface area (Å²) in [6, 6.07) is 5.64. The minimum absolute atomic E-state index is 0.388. The van der Waals surface area contributed by atoms with Crippen molar-refractivity contribution in [1.29, 1.82) is 0 Å². The van der Waals surface area contributed by atoms with E-state index in [0.717, 1.165) is 28.9 Å². The quantitative estimate of drug-likeness (QED) is 0.813. The van der Waals surface area contributed by atoms with Crippen LogP contribution < -0.4 is 10.5 Å². The number of benzene rings is 1.